The van der Waals surface area contributed by atoms with E-state index < -0.39 is 0 Å². The van der Waals surface area contributed by atoms with Crippen molar-refractivity contribution in [3.8, 4) is 0 Å². The molecular weight excluding hydrogens is 174 g/mol. The topological polar surface area (TPSA) is 43.1 Å². The summed E-state index contributed by atoms with van der Waals surface area (Å²) in [5.74, 6) is 0.210. The summed E-state index contributed by atoms with van der Waals surface area (Å²) in [5, 5.41) is 0. The van der Waals surface area contributed by atoms with Crippen molar-refractivity contribution < 1.29 is 4.79 Å². The Morgan fingerprint density at radius 3 is 2.86 bits per heavy atom. The van der Waals surface area contributed by atoms with Gasteiger partial charge in [0, 0.05) is 17.5 Å². The van der Waals surface area contributed by atoms with Crippen molar-refractivity contribution in [2.45, 2.75) is 19.8 Å². The summed E-state index contributed by atoms with van der Waals surface area (Å²) >= 11 is 0. The van der Waals surface area contributed by atoms with Crippen LogP contribution in [-0.4, -0.2) is 12.3 Å². The van der Waals surface area contributed by atoms with Crippen LogP contribution in [0.1, 0.15) is 29.3 Å². The number of hydrogen-bond donors (Lipinski definition) is 1. The van der Waals surface area contributed by atoms with Crippen molar-refractivity contribution in [3.05, 3.63) is 35.4 Å². The van der Waals surface area contributed by atoms with Gasteiger partial charge in [-0.15, -0.1) is 0 Å². The Labute approximate surface area is 84.1 Å². The van der Waals surface area contributed by atoms with E-state index in [0.717, 1.165) is 18.4 Å². The summed E-state index contributed by atoms with van der Waals surface area (Å²) < 4.78 is 0. The maximum absolute atomic E-state index is 12.1. The predicted octanol–water partition coefficient (Wildman–Crippen LogP) is 1.78. The summed E-state index contributed by atoms with van der Waals surface area (Å²) in [6.07, 6.45) is 1.84. The van der Waals surface area contributed by atoms with Gasteiger partial charge in [-0.2, -0.15) is 0 Å². The lowest BCUT2D eigenvalue weighted by atomic mass is 9.72. The lowest BCUT2D eigenvalue weighted by molar-refractivity contribution is 0.0797. The molecule has 2 nitrogen and oxygen atoms in total. The Morgan fingerprint density at radius 2 is 2.14 bits per heavy atom. The van der Waals surface area contributed by atoms with Crippen LogP contribution in [0.15, 0.2) is 24.3 Å². The highest BCUT2D eigenvalue weighted by molar-refractivity contribution is 6.02. The zero-order valence-corrected chi connectivity index (χ0v) is 8.42. The lowest BCUT2D eigenvalue weighted by Crippen LogP contribution is -2.39. The maximum Gasteiger partial charge on any atom is 0.170 e. The normalized spacial score (nSPS) is 26.0. The molecule has 1 aromatic rings. The highest BCUT2D eigenvalue weighted by Crippen LogP contribution is 2.33. The summed E-state index contributed by atoms with van der Waals surface area (Å²) in [4.78, 5) is 12.1. The molecule has 0 saturated carbocycles. The van der Waals surface area contributed by atoms with Gasteiger partial charge in [-0.1, -0.05) is 31.2 Å². The number of ketones is 1. The van der Waals surface area contributed by atoms with Crippen molar-refractivity contribution in [2.75, 3.05) is 6.54 Å². The van der Waals surface area contributed by atoms with Gasteiger partial charge in [0.15, 0.2) is 5.78 Å². The molecule has 0 amide bonds. The number of carbonyl (C=O) groups is 1. The number of benzene rings is 1. The average Bonchev–Trinajstić information content (AvgIpc) is 2.24. The van der Waals surface area contributed by atoms with Crippen molar-refractivity contribution >= 4 is 5.78 Å². The second kappa shape index (κ2) is 3.21. The zero-order valence-electron chi connectivity index (χ0n) is 8.42. The molecule has 1 atom stereocenters. The van der Waals surface area contributed by atoms with E-state index in [0.29, 0.717) is 6.54 Å². The van der Waals surface area contributed by atoms with Gasteiger partial charge in [-0.25, -0.2) is 0 Å². The molecule has 1 aromatic carbocycles. The first-order valence-corrected chi connectivity index (χ1v) is 5.00. The molecule has 74 valence electrons. The summed E-state index contributed by atoms with van der Waals surface area (Å²) in [6, 6.07) is 7.84. The second-order valence-electron chi connectivity index (χ2n) is 4.25. The molecule has 2 rings (SSSR count). The number of fused-ring (bicyclic) bond motifs is 1. The molecule has 0 spiro atoms. The average molecular weight is 189 g/mol. The van der Waals surface area contributed by atoms with Crippen molar-refractivity contribution in [3.63, 3.8) is 0 Å². The van der Waals surface area contributed by atoms with E-state index in [1.54, 1.807) is 0 Å². The SMILES string of the molecule is C[C@]1(CN)CCc2ccccc2C1=O. The van der Waals surface area contributed by atoms with Gasteiger partial charge >= 0.3 is 0 Å². The van der Waals surface area contributed by atoms with E-state index in [4.69, 9.17) is 5.73 Å². The first kappa shape index (κ1) is 9.41. The molecule has 0 fully saturated rings. The third-order valence-electron chi connectivity index (χ3n) is 3.21. The molecule has 0 heterocycles. The Balaban J connectivity index is 2.46. The third-order valence-corrected chi connectivity index (χ3v) is 3.21. The molecule has 1 aliphatic rings. The maximum atomic E-state index is 12.1. The monoisotopic (exact) mass is 189 g/mol. The fourth-order valence-corrected chi connectivity index (χ4v) is 2.00. The van der Waals surface area contributed by atoms with E-state index in [-0.39, 0.29) is 11.2 Å². The van der Waals surface area contributed by atoms with Crippen LogP contribution in [0.25, 0.3) is 0 Å². The minimum Gasteiger partial charge on any atom is -0.329 e. The van der Waals surface area contributed by atoms with Crippen LogP contribution < -0.4 is 5.73 Å². The van der Waals surface area contributed by atoms with Gasteiger partial charge in [0.2, 0.25) is 0 Å². The van der Waals surface area contributed by atoms with E-state index in [2.05, 4.69) is 0 Å². The Hall–Kier alpha value is -1.15. The molecule has 0 radical (unpaired) electrons. The van der Waals surface area contributed by atoms with Crippen LogP contribution in [-0.2, 0) is 6.42 Å². The number of carbonyl (C=O) groups excluding carboxylic acids is 1. The fraction of sp³-hybridized carbons (Fsp3) is 0.417. The van der Waals surface area contributed by atoms with Crippen LogP contribution >= 0.6 is 0 Å². The molecule has 0 saturated heterocycles. The molecule has 0 aliphatic heterocycles. The highest BCUT2D eigenvalue weighted by Gasteiger charge is 2.36. The largest absolute Gasteiger partial charge is 0.329 e. The van der Waals surface area contributed by atoms with Crippen LogP contribution in [0.4, 0.5) is 0 Å². The van der Waals surface area contributed by atoms with Crippen LogP contribution in [0.5, 0.6) is 0 Å². The van der Waals surface area contributed by atoms with E-state index >= 15 is 0 Å². The molecular formula is C12H15NO. The minimum atomic E-state index is -0.339. The van der Waals surface area contributed by atoms with Crippen LogP contribution in [0.2, 0.25) is 0 Å². The number of hydrogen-bond acceptors (Lipinski definition) is 2. The fourth-order valence-electron chi connectivity index (χ4n) is 2.00. The molecule has 0 unspecified atom stereocenters. The molecule has 1 aliphatic carbocycles. The number of nitrogens with two attached hydrogens (primary N) is 1. The molecule has 0 aromatic heterocycles. The van der Waals surface area contributed by atoms with E-state index in [9.17, 15) is 4.79 Å². The van der Waals surface area contributed by atoms with Gasteiger partial charge < -0.3 is 5.73 Å². The quantitative estimate of drug-likeness (QED) is 0.731. The first-order chi connectivity index (χ1) is 6.67. The zero-order chi connectivity index (χ0) is 10.2. The highest BCUT2D eigenvalue weighted by atomic mass is 16.1. The van der Waals surface area contributed by atoms with Crippen molar-refractivity contribution in [2.24, 2.45) is 11.1 Å². The van der Waals surface area contributed by atoms with Gasteiger partial charge in [0.25, 0.3) is 0 Å². The summed E-state index contributed by atoms with van der Waals surface area (Å²) in [5.41, 5.74) is 7.36. The minimum absolute atomic E-state index is 0.210. The summed E-state index contributed by atoms with van der Waals surface area (Å²) in [6.45, 7) is 2.41. The molecule has 14 heavy (non-hydrogen) atoms. The van der Waals surface area contributed by atoms with Gasteiger partial charge in [-0.3, -0.25) is 4.79 Å². The Kier molecular flexibility index (Phi) is 2.16. The number of aryl methyl sites for hydroxylation is 1. The smallest absolute Gasteiger partial charge is 0.170 e. The van der Waals surface area contributed by atoms with Gasteiger partial charge in [0.05, 0.1) is 0 Å². The Bertz CT molecular complexity index is 372. The molecule has 2 N–H and O–H groups in total. The van der Waals surface area contributed by atoms with Crippen molar-refractivity contribution in [1.29, 1.82) is 0 Å². The lowest BCUT2D eigenvalue weighted by Gasteiger charge is -2.31. The second-order valence-corrected chi connectivity index (χ2v) is 4.25. The first-order valence-electron chi connectivity index (χ1n) is 5.00. The van der Waals surface area contributed by atoms with Crippen molar-refractivity contribution in [1.82, 2.24) is 0 Å². The van der Waals surface area contributed by atoms with Gasteiger partial charge in [-0.05, 0) is 18.4 Å². The summed E-state index contributed by atoms with van der Waals surface area (Å²) in [7, 11) is 0. The molecule has 2 heteroatoms. The Morgan fingerprint density at radius 1 is 1.43 bits per heavy atom. The van der Waals surface area contributed by atoms with Crippen LogP contribution in [0, 0.1) is 5.41 Å². The number of Topliss-reactive ketones (excluding diaryl/α,β-unsaturated/α-hetero) is 1. The van der Waals surface area contributed by atoms with Gasteiger partial charge in [0.1, 0.15) is 0 Å². The predicted molar refractivity (Wildman–Crippen MR) is 56.3 cm³/mol. The standard InChI is InChI=1S/C12H15NO/c1-12(8-13)7-6-9-4-2-3-5-10(9)11(12)14/h2-5H,6-8,13H2,1H3/t12-/m1/s1. The third kappa shape index (κ3) is 1.26. The van der Waals surface area contributed by atoms with Crippen LogP contribution in [0.3, 0.4) is 0 Å². The molecule has 0 bridgehead atoms. The number of rotatable bonds is 1. The van der Waals surface area contributed by atoms with E-state index in [1.165, 1.54) is 5.56 Å². The van der Waals surface area contributed by atoms with E-state index in [1.807, 2.05) is 31.2 Å².